The van der Waals surface area contributed by atoms with Gasteiger partial charge in [0, 0.05) is 5.38 Å². The van der Waals surface area contributed by atoms with Crippen LogP contribution in [0.3, 0.4) is 0 Å². The lowest BCUT2D eigenvalue weighted by Crippen LogP contribution is -2.12. The largest absolute Gasteiger partial charge is 0.238 e. The minimum Gasteiger partial charge on any atom is -0.225 e. The topological polar surface area (TPSA) is 60.2 Å². The van der Waals surface area contributed by atoms with Crippen LogP contribution in [0.25, 0.3) is 0 Å². The number of hydrogen-bond acceptors (Lipinski definition) is 2. The van der Waals surface area contributed by atoms with Gasteiger partial charge in [0.25, 0.3) is 0 Å². The van der Waals surface area contributed by atoms with Crippen molar-refractivity contribution in [3.05, 3.63) is 29.8 Å². The minimum absolute atomic E-state index is 0.00494. The summed E-state index contributed by atoms with van der Waals surface area (Å²) < 4.78 is 22.0. The maximum atomic E-state index is 11.0. The first-order chi connectivity index (χ1) is 6.82. The number of benzene rings is 1. The predicted octanol–water partition coefficient (Wildman–Crippen LogP) is 2.06. The summed E-state index contributed by atoms with van der Waals surface area (Å²) in [5.74, 6) is 0.182. The number of primary sulfonamides is 1. The van der Waals surface area contributed by atoms with E-state index < -0.39 is 10.0 Å². The van der Waals surface area contributed by atoms with Gasteiger partial charge in [0.2, 0.25) is 10.0 Å². The van der Waals surface area contributed by atoms with E-state index >= 15 is 0 Å². The second-order valence-electron chi connectivity index (χ2n) is 3.58. The molecule has 0 saturated carbocycles. The Balaban J connectivity index is 3.01. The fourth-order valence-electron chi connectivity index (χ4n) is 1.23. The first-order valence-corrected chi connectivity index (χ1v) is 6.57. The Morgan fingerprint density at radius 2 is 1.67 bits per heavy atom. The minimum atomic E-state index is -3.60. The molecule has 0 amide bonds. The molecule has 1 aromatic carbocycles. The lowest BCUT2D eigenvalue weighted by Gasteiger charge is -2.14. The molecule has 2 atom stereocenters. The van der Waals surface area contributed by atoms with E-state index in [9.17, 15) is 8.42 Å². The molecule has 0 bridgehead atoms. The van der Waals surface area contributed by atoms with Gasteiger partial charge in [-0.15, -0.1) is 11.6 Å². The van der Waals surface area contributed by atoms with Gasteiger partial charge in [0.05, 0.1) is 4.90 Å². The van der Waals surface area contributed by atoms with Crippen molar-refractivity contribution in [1.29, 1.82) is 0 Å². The van der Waals surface area contributed by atoms with Crippen LogP contribution < -0.4 is 5.14 Å². The van der Waals surface area contributed by atoms with Gasteiger partial charge in [-0.05, 0) is 30.5 Å². The number of alkyl halides is 1. The molecule has 1 rings (SSSR count). The first kappa shape index (κ1) is 12.5. The molecule has 0 aliphatic rings. The van der Waals surface area contributed by atoms with E-state index in [2.05, 4.69) is 0 Å². The lowest BCUT2D eigenvalue weighted by molar-refractivity contribution is 0.597. The number of nitrogens with two attached hydrogens (primary N) is 1. The summed E-state index contributed by atoms with van der Waals surface area (Å²) in [7, 11) is -3.60. The van der Waals surface area contributed by atoms with Crippen LogP contribution in [0.4, 0.5) is 0 Å². The van der Waals surface area contributed by atoms with E-state index in [1.54, 1.807) is 12.1 Å². The van der Waals surface area contributed by atoms with Gasteiger partial charge in [0.15, 0.2) is 0 Å². The Morgan fingerprint density at radius 1 is 1.20 bits per heavy atom. The van der Waals surface area contributed by atoms with Gasteiger partial charge in [-0.1, -0.05) is 19.1 Å². The second-order valence-corrected chi connectivity index (χ2v) is 5.83. The third-order valence-electron chi connectivity index (χ3n) is 2.42. The fourth-order valence-corrected chi connectivity index (χ4v) is 1.89. The summed E-state index contributed by atoms with van der Waals surface area (Å²) in [4.78, 5) is 0.126. The Bertz CT molecular complexity index is 425. The molecule has 3 nitrogen and oxygen atoms in total. The standard InChI is InChI=1S/C10H14ClNO2S/c1-7(8(2)11)9-3-5-10(6-4-9)15(12,13)14/h3-8H,1-2H3,(H2,12,13,14). The zero-order valence-corrected chi connectivity index (χ0v) is 10.2. The molecule has 2 N–H and O–H groups in total. The smallest absolute Gasteiger partial charge is 0.225 e. The third kappa shape index (κ3) is 3.19. The van der Waals surface area contributed by atoms with Crippen molar-refractivity contribution in [2.24, 2.45) is 5.14 Å². The van der Waals surface area contributed by atoms with E-state index in [1.165, 1.54) is 12.1 Å². The molecule has 0 aromatic heterocycles. The van der Waals surface area contributed by atoms with Crippen LogP contribution in [0, 0.1) is 0 Å². The third-order valence-corrected chi connectivity index (χ3v) is 3.73. The zero-order valence-electron chi connectivity index (χ0n) is 8.64. The fraction of sp³-hybridized carbons (Fsp3) is 0.400. The normalized spacial score (nSPS) is 16.0. The highest BCUT2D eigenvalue weighted by Gasteiger charge is 2.13. The molecular formula is C10H14ClNO2S. The van der Waals surface area contributed by atoms with Gasteiger partial charge < -0.3 is 0 Å². The van der Waals surface area contributed by atoms with Crippen LogP contribution in [0.5, 0.6) is 0 Å². The van der Waals surface area contributed by atoms with Gasteiger partial charge in [-0.25, -0.2) is 13.6 Å². The molecule has 0 fully saturated rings. The van der Waals surface area contributed by atoms with Crippen LogP contribution in [0.2, 0.25) is 0 Å². The van der Waals surface area contributed by atoms with Crippen molar-refractivity contribution in [3.8, 4) is 0 Å². The molecule has 2 unspecified atom stereocenters. The summed E-state index contributed by atoms with van der Waals surface area (Å²) in [6, 6.07) is 6.48. The maximum absolute atomic E-state index is 11.0. The van der Waals surface area contributed by atoms with Gasteiger partial charge in [-0.2, -0.15) is 0 Å². The van der Waals surface area contributed by atoms with Crippen molar-refractivity contribution in [3.63, 3.8) is 0 Å². The van der Waals surface area contributed by atoms with Crippen molar-refractivity contribution in [2.45, 2.75) is 30.0 Å². The number of hydrogen-bond donors (Lipinski definition) is 1. The Hall–Kier alpha value is -0.580. The summed E-state index contributed by atoms with van der Waals surface area (Å²) in [6.07, 6.45) is 0. The summed E-state index contributed by atoms with van der Waals surface area (Å²) in [5.41, 5.74) is 1.00. The highest BCUT2D eigenvalue weighted by atomic mass is 35.5. The van der Waals surface area contributed by atoms with Crippen LogP contribution >= 0.6 is 11.6 Å². The van der Waals surface area contributed by atoms with E-state index in [1.807, 2.05) is 13.8 Å². The van der Waals surface area contributed by atoms with Crippen LogP contribution in [-0.2, 0) is 10.0 Å². The summed E-state index contributed by atoms with van der Waals surface area (Å²) in [6.45, 7) is 3.89. The van der Waals surface area contributed by atoms with Crippen LogP contribution in [0.15, 0.2) is 29.2 Å². The molecule has 0 aliphatic carbocycles. The van der Waals surface area contributed by atoms with Gasteiger partial charge in [0.1, 0.15) is 0 Å². The number of sulfonamides is 1. The number of halogens is 1. The van der Waals surface area contributed by atoms with Crippen molar-refractivity contribution >= 4 is 21.6 Å². The molecule has 0 spiro atoms. The highest BCUT2D eigenvalue weighted by molar-refractivity contribution is 7.89. The first-order valence-electron chi connectivity index (χ1n) is 4.59. The molecule has 5 heteroatoms. The zero-order chi connectivity index (χ0) is 11.6. The SMILES string of the molecule is CC(Cl)C(C)c1ccc(S(N)(=O)=O)cc1. The molecule has 84 valence electrons. The highest BCUT2D eigenvalue weighted by Crippen LogP contribution is 2.23. The average Bonchev–Trinajstić information content (AvgIpc) is 2.15. The number of rotatable bonds is 3. The Labute approximate surface area is 95.3 Å². The van der Waals surface area contributed by atoms with E-state index in [0.29, 0.717) is 0 Å². The second kappa shape index (κ2) is 4.51. The molecule has 0 aliphatic heterocycles. The summed E-state index contributed by atoms with van der Waals surface area (Å²) >= 11 is 5.95. The van der Waals surface area contributed by atoms with Crippen LogP contribution in [-0.4, -0.2) is 13.8 Å². The quantitative estimate of drug-likeness (QED) is 0.832. The van der Waals surface area contributed by atoms with Gasteiger partial charge in [-0.3, -0.25) is 0 Å². The molecular weight excluding hydrogens is 234 g/mol. The summed E-state index contributed by atoms with van der Waals surface area (Å²) in [5, 5.41) is 4.99. The van der Waals surface area contributed by atoms with E-state index in [-0.39, 0.29) is 16.2 Å². The van der Waals surface area contributed by atoms with Gasteiger partial charge >= 0.3 is 0 Å². The van der Waals surface area contributed by atoms with E-state index in [4.69, 9.17) is 16.7 Å². The molecule has 15 heavy (non-hydrogen) atoms. The monoisotopic (exact) mass is 247 g/mol. The lowest BCUT2D eigenvalue weighted by atomic mass is 9.99. The molecule has 0 heterocycles. The van der Waals surface area contributed by atoms with E-state index in [0.717, 1.165) is 5.56 Å². The van der Waals surface area contributed by atoms with Crippen molar-refractivity contribution in [2.75, 3.05) is 0 Å². The van der Waals surface area contributed by atoms with Crippen LogP contribution in [0.1, 0.15) is 25.3 Å². The maximum Gasteiger partial charge on any atom is 0.238 e. The molecule has 1 aromatic rings. The Morgan fingerprint density at radius 3 is 2.00 bits per heavy atom. The predicted molar refractivity (Wildman–Crippen MR) is 61.5 cm³/mol. The average molecular weight is 248 g/mol. The van der Waals surface area contributed by atoms with Crippen molar-refractivity contribution in [1.82, 2.24) is 0 Å². The Kier molecular flexibility index (Phi) is 3.76. The van der Waals surface area contributed by atoms with Crippen molar-refractivity contribution < 1.29 is 8.42 Å². The molecule has 0 radical (unpaired) electrons. The molecule has 0 saturated heterocycles.